The predicted octanol–water partition coefficient (Wildman–Crippen LogP) is 5.53. The molecule has 0 aromatic rings. The zero-order valence-electron chi connectivity index (χ0n) is 13.3. The first-order valence-electron chi connectivity index (χ1n) is 8.95. The first-order chi connectivity index (χ1) is 9.68. The average Bonchev–Trinajstić information content (AvgIpc) is 3.18. The van der Waals surface area contributed by atoms with E-state index in [9.17, 15) is 0 Å². The van der Waals surface area contributed by atoms with E-state index in [1.165, 1.54) is 24.3 Å². The Labute approximate surface area is 133 Å². The van der Waals surface area contributed by atoms with Crippen LogP contribution >= 0.6 is 23.5 Å². The van der Waals surface area contributed by atoms with Gasteiger partial charge in [-0.05, 0) is 67.6 Å². The molecule has 2 bridgehead atoms. The molecule has 0 amide bonds. The molecule has 1 saturated heterocycles. The molecule has 3 saturated carbocycles. The van der Waals surface area contributed by atoms with Gasteiger partial charge in [-0.15, -0.1) is 23.5 Å². The molecule has 0 aromatic heterocycles. The SMILES string of the molecule is CCC1CC(CC)C2C3CC(CC3C3(C)SCCS3)C12. The van der Waals surface area contributed by atoms with Crippen molar-refractivity contribution in [2.75, 3.05) is 11.5 Å². The van der Waals surface area contributed by atoms with E-state index in [-0.39, 0.29) is 0 Å². The van der Waals surface area contributed by atoms with Crippen LogP contribution in [0.25, 0.3) is 0 Å². The van der Waals surface area contributed by atoms with Gasteiger partial charge < -0.3 is 0 Å². The summed E-state index contributed by atoms with van der Waals surface area (Å²) < 4.78 is 0.576. The van der Waals surface area contributed by atoms with Crippen LogP contribution < -0.4 is 0 Å². The van der Waals surface area contributed by atoms with Gasteiger partial charge in [0.25, 0.3) is 0 Å². The zero-order valence-corrected chi connectivity index (χ0v) is 14.9. The lowest BCUT2D eigenvalue weighted by Gasteiger charge is -2.42. The molecule has 0 N–H and O–H groups in total. The molecule has 1 aliphatic heterocycles. The number of thioether (sulfide) groups is 2. The predicted molar refractivity (Wildman–Crippen MR) is 92.2 cm³/mol. The van der Waals surface area contributed by atoms with Crippen molar-refractivity contribution in [2.24, 2.45) is 41.4 Å². The summed E-state index contributed by atoms with van der Waals surface area (Å²) in [5.41, 5.74) is 0. The highest BCUT2D eigenvalue weighted by molar-refractivity contribution is 8.21. The minimum atomic E-state index is 0.576. The molecule has 0 aromatic carbocycles. The minimum Gasteiger partial charge on any atom is -0.143 e. The second-order valence-electron chi connectivity index (χ2n) is 7.94. The maximum absolute atomic E-state index is 2.59. The molecule has 7 unspecified atom stereocenters. The van der Waals surface area contributed by atoms with Gasteiger partial charge in [0.2, 0.25) is 0 Å². The maximum atomic E-state index is 2.59. The fraction of sp³-hybridized carbons (Fsp3) is 1.00. The summed E-state index contributed by atoms with van der Waals surface area (Å²) in [5.74, 6) is 10.4. The van der Waals surface area contributed by atoms with E-state index in [1.54, 1.807) is 19.3 Å². The molecular weight excluding hydrogens is 280 g/mol. The Balaban J connectivity index is 1.60. The van der Waals surface area contributed by atoms with Crippen molar-refractivity contribution in [1.29, 1.82) is 0 Å². The van der Waals surface area contributed by atoms with Crippen LogP contribution in [-0.4, -0.2) is 15.6 Å². The summed E-state index contributed by atoms with van der Waals surface area (Å²) in [4.78, 5) is 0. The third-order valence-electron chi connectivity index (χ3n) is 7.41. The number of fused-ring (bicyclic) bond motifs is 5. The second kappa shape index (κ2) is 5.11. The van der Waals surface area contributed by atoms with E-state index in [1.807, 2.05) is 0 Å². The second-order valence-corrected chi connectivity index (χ2v) is 11.3. The molecule has 0 spiro atoms. The summed E-state index contributed by atoms with van der Waals surface area (Å²) in [6.45, 7) is 7.50. The highest BCUT2D eigenvalue weighted by atomic mass is 32.2. The largest absolute Gasteiger partial charge is 0.143 e. The standard InChI is InChI=1S/C18H30S2/c1-4-11-8-12(5-2)17-14-9-13(16(11)17)10-15(14)18(3)19-6-7-20-18/h11-17H,4-10H2,1-3H3. The van der Waals surface area contributed by atoms with E-state index in [0.29, 0.717) is 4.08 Å². The Kier molecular flexibility index (Phi) is 3.66. The molecule has 0 radical (unpaired) electrons. The summed E-state index contributed by atoms with van der Waals surface area (Å²) in [7, 11) is 0. The molecule has 1 heterocycles. The summed E-state index contributed by atoms with van der Waals surface area (Å²) in [6, 6.07) is 0. The van der Waals surface area contributed by atoms with Crippen molar-refractivity contribution in [3.63, 3.8) is 0 Å². The molecule has 20 heavy (non-hydrogen) atoms. The summed E-state index contributed by atoms with van der Waals surface area (Å²) in [6.07, 6.45) is 7.65. The van der Waals surface area contributed by atoms with Crippen LogP contribution in [0, 0.1) is 41.4 Å². The monoisotopic (exact) mass is 310 g/mol. The van der Waals surface area contributed by atoms with Gasteiger partial charge in [-0.2, -0.15) is 0 Å². The van der Waals surface area contributed by atoms with E-state index in [2.05, 4.69) is 44.3 Å². The Morgan fingerprint density at radius 1 is 0.900 bits per heavy atom. The third-order valence-corrected chi connectivity index (χ3v) is 10.9. The highest BCUT2D eigenvalue weighted by Crippen LogP contribution is 2.70. The molecule has 4 aliphatic rings. The van der Waals surface area contributed by atoms with Crippen molar-refractivity contribution in [3.05, 3.63) is 0 Å². The van der Waals surface area contributed by atoms with Crippen LogP contribution in [-0.2, 0) is 0 Å². The van der Waals surface area contributed by atoms with Crippen LogP contribution in [0.2, 0.25) is 0 Å². The fourth-order valence-electron chi connectivity index (χ4n) is 6.74. The van der Waals surface area contributed by atoms with Crippen LogP contribution in [0.4, 0.5) is 0 Å². The summed E-state index contributed by atoms with van der Waals surface area (Å²) >= 11 is 4.59. The smallest absolute Gasteiger partial charge is 0.0614 e. The van der Waals surface area contributed by atoms with Gasteiger partial charge in [0, 0.05) is 11.5 Å². The number of hydrogen-bond acceptors (Lipinski definition) is 2. The van der Waals surface area contributed by atoms with Crippen LogP contribution in [0.15, 0.2) is 0 Å². The van der Waals surface area contributed by atoms with Gasteiger partial charge in [-0.25, -0.2) is 0 Å². The van der Waals surface area contributed by atoms with Gasteiger partial charge in [0.1, 0.15) is 0 Å². The normalized spacial score (nSPS) is 52.6. The molecule has 7 atom stereocenters. The van der Waals surface area contributed by atoms with Crippen LogP contribution in [0.3, 0.4) is 0 Å². The van der Waals surface area contributed by atoms with E-state index < -0.39 is 0 Å². The molecule has 114 valence electrons. The molecule has 4 fully saturated rings. The van der Waals surface area contributed by atoms with E-state index in [4.69, 9.17) is 0 Å². The van der Waals surface area contributed by atoms with Crippen molar-refractivity contribution >= 4 is 23.5 Å². The Morgan fingerprint density at radius 2 is 1.55 bits per heavy atom. The van der Waals surface area contributed by atoms with Crippen molar-refractivity contribution < 1.29 is 0 Å². The van der Waals surface area contributed by atoms with Crippen molar-refractivity contribution in [2.45, 2.75) is 57.0 Å². The van der Waals surface area contributed by atoms with Gasteiger partial charge in [-0.3, -0.25) is 0 Å². The molecule has 2 heteroatoms. The molecular formula is C18H30S2. The first-order valence-corrected chi connectivity index (χ1v) is 10.9. The molecule has 3 aliphatic carbocycles. The van der Waals surface area contributed by atoms with E-state index >= 15 is 0 Å². The zero-order chi connectivity index (χ0) is 13.9. The lowest BCUT2D eigenvalue weighted by molar-refractivity contribution is 0.130. The van der Waals surface area contributed by atoms with Crippen LogP contribution in [0.1, 0.15) is 52.9 Å². The number of rotatable bonds is 3. The minimum absolute atomic E-state index is 0.576. The van der Waals surface area contributed by atoms with Crippen molar-refractivity contribution in [1.82, 2.24) is 0 Å². The molecule has 4 rings (SSSR count). The first kappa shape index (κ1) is 14.3. The fourth-order valence-corrected chi connectivity index (χ4v) is 10.0. The quantitative estimate of drug-likeness (QED) is 0.672. The molecule has 0 nitrogen and oxygen atoms in total. The highest BCUT2D eigenvalue weighted by Gasteiger charge is 2.62. The van der Waals surface area contributed by atoms with Crippen molar-refractivity contribution in [3.8, 4) is 0 Å². The Morgan fingerprint density at radius 3 is 2.20 bits per heavy atom. The van der Waals surface area contributed by atoms with Gasteiger partial charge in [0.15, 0.2) is 0 Å². The van der Waals surface area contributed by atoms with Crippen LogP contribution in [0.5, 0.6) is 0 Å². The van der Waals surface area contributed by atoms with Gasteiger partial charge in [0.05, 0.1) is 4.08 Å². The lowest BCUT2D eigenvalue weighted by Crippen LogP contribution is -2.38. The van der Waals surface area contributed by atoms with Gasteiger partial charge >= 0.3 is 0 Å². The maximum Gasteiger partial charge on any atom is 0.0614 e. The Hall–Kier alpha value is 0.700. The topological polar surface area (TPSA) is 0 Å². The third kappa shape index (κ3) is 1.89. The average molecular weight is 311 g/mol. The van der Waals surface area contributed by atoms with Gasteiger partial charge in [-0.1, -0.05) is 26.7 Å². The Bertz CT molecular complexity index is 374. The lowest BCUT2D eigenvalue weighted by atomic mass is 9.69. The number of hydrogen-bond donors (Lipinski definition) is 0. The summed E-state index contributed by atoms with van der Waals surface area (Å²) in [5, 5.41) is 0. The van der Waals surface area contributed by atoms with E-state index in [0.717, 1.165) is 41.4 Å².